The molecule has 0 aliphatic heterocycles. The molecule has 19 heavy (non-hydrogen) atoms. The van der Waals surface area contributed by atoms with Gasteiger partial charge in [-0.25, -0.2) is 0 Å². The molecule has 0 fully saturated rings. The molecule has 0 aromatic heterocycles. The lowest BCUT2D eigenvalue weighted by atomic mass is 10.0. The Hall–Kier alpha value is -1.88. The van der Waals surface area contributed by atoms with Crippen molar-refractivity contribution in [1.82, 2.24) is 0 Å². The first-order valence-electron chi connectivity index (χ1n) is 5.26. The predicted octanol–water partition coefficient (Wildman–Crippen LogP) is 4.49. The number of halogens is 4. The van der Waals surface area contributed by atoms with E-state index < -0.39 is 6.36 Å². The van der Waals surface area contributed by atoms with Crippen LogP contribution in [0, 0.1) is 0 Å². The van der Waals surface area contributed by atoms with E-state index in [0.29, 0.717) is 21.8 Å². The molecule has 0 aliphatic rings. The van der Waals surface area contributed by atoms with Crippen molar-refractivity contribution in [3.05, 3.63) is 47.5 Å². The molecular formula is C13H9ClF3NO. The molecule has 0 atom stereocenters. The number of rotatable bonds is 2. The van der Waals surface area contributed by atoms with E-state index in [0.717, 1.165) is 0 Å². The highest BCUT2D eigenvalue weighted by molar-refractivity contribution is 6.31. The van der Waals surface area contributed by atoms with Crippen molar-refractivity contribution < 1.29 is 17.9 Å². The molecule has 0 radical (unpaired) electrons. The van der Waals surface area contributed by atoms with E-state index in [1.54, 1.807) is 18.2 Å². The third-order valence-corrected chi connectivity index (χ3v) is 2.65. The predicted molar refractivity (Wildman–Crippen MR) is 68.0 cm³/mol. The largest absolute Gasteiger partial charge is 0.573 e. The van der Waals surface area contributed by atoms with Crippen molar-refractivity contribution in [3.8, 4) is 16.9 Å². The molecule has 2 N–H and O–H groups in total. The van der Waals surface area contributed by atoms with Gasteiger partial charge in [0.05, 0.1) is 0 Å². The Morgan fingerprint density at radius 2 is 1.63 bits per heavy atom. The zero-order valence-corrected chi connectivity index (χ0v) is 10.3. The topological polar surface area (TPSA) is 35.2 Å². The van der Waals surface area contributed by atoms with E-state index in [9.17, 15) is 13.2 Å². The summed E-state index contributed by atoms with van der Waals surface area (Å²) in [6, 6.07) is 10.4. The van der Waals surface area contributed by atoms with Crippen LogP contribution in [0.1, 0.15) is 0 Å². The van der Waals surface area contributed by atoms with Gasteiger partial charge in [-0.1, -0.05) is 29.8 Å². The highest BCUT2D eigenvalue weighted by Crippen LogP contribution is 2.30. The summed E-state index contributed by atoms with van der Waals surface area (Å²) < 4.78 is 39.8. The smallest absolute Gasteiger partial charge is 0.406 e. The molecule has 0 saturated carbocycles. The molecule has 0 aliphatic carbocycles. The number of hydrogen-bond acceptors (Lipinski definition) is 2. The quantitative estimate of drug-likeness (QED) is 0.826. The SMILES string of the molecule is Nc1cc(Cl)ccc1-c1ccc(OC(F)(F)F)cc1. The van der Waals surface area contributed by atoms with Crippen molar-refractivity contribution in [1.29, 1.82) is 0 Å². The van der Waals surface area contributed by atoms with Gasteiger partial charge in [-0.2, -0.15) is 0 Å². The van der Waals surface area contributed by atoms with E-state index in [-0.39, 0.29) is 5.75 Å². The Bertz CT molecular complexity index is 581. The Morgan fingerprint density at radius 1 is 1.00 bits per heavy atom. The lowest BCUT2D eigenvalue weighted by Gasteiger charge is -2.10. The van der Waals surface area contributed by atoms with Crippen molar-refractivity contribution in [3.63, 3.8) is 0 Å². The molecule has 0 saturated heterocycles. The molecular weight excluding hydrogens is 279 g/mol. The second-order valence-electron chi connectivity index (χ2n) is 3.80. The zero-order valence-electron chi connectivity index (χ0n) is 9.54. The van der Waals surface area contributed by atoms with Crippen LogP contribution >= 0.6 is 11.6 Å². The molecule has 100 valence electrons. The maximum absolute atomic E-state index is 12.0. The highest BCUT2D eigenvalue weighted by atomic mass is 35.5. The van der Waals surface area contributed by atoms with E-state index in [2.05, 4.69) is 4.74 Å². The third-order valence-electron chi connectivity index (χ3n) is 2.41. The molecule has 2 aromatic carbocycles. The highest BCUT2D eigenvalue weighted by Gasteiger charge is 2.30. The van der Waals surface area contributed by atoms with Crippen LogP contribution in [0.2, 0.25) is 5.02 Å². The Balaban J connectivity index is 2.27. The fraction of sp³-hybridized carbons (Fsp3) is 0.0769. The van der Waals surface area contributed by atoms with Gasteiger partial charge in [0, 0.05) is 16.3 Å². The van der Waals surface area contributed by atoms with Crippen molar-refractivity contribution in [2.75, 3.05) is 5.73 Å². The maximum Gasteiger partial charge on any atom is 0.573 e. The third kappa shape index (κ3) is 3.54. The number of ether oxygens (including phenoxy) is 1. The number of anilines is 1. The number of benzene rings is 2. The first-order chi connectivity index (χ1) is 8.85. The monoisotopic (exact) mass is 287 g/mol. The molecule has 0 unspecified atom stereocenters. The minimum Gasteiger partial charge on any atom is -0.406 e. The van der Waals surface area contributed by atoms with Crippen molar-refractivity contribution >= 4 is 17.3 Å². The summed E-state index contributed by atoms with van der Waals surface area (Å²) in [7, 11) is 0. The average molecular weight is 288 g/mol. The van der Waals surface area contributed by atoms with Gasteiger partial charge in [0.2, 0.25) is 0 Å². The molecule has 0 amide bonds. The lowest BCUT2D eigenvalue weighted by Crippen LogP contribution is -2.16. The average Bonchev–Trinajstić information content (AvgIpc) is 2.28. The summed E-state index contributed by atoms with van der Waals surface area (Å²) in [5, 5.41) is 0.498. The Kier molecular flexibility index (Phi) is 3.57. The molecule has 0 heterocycles. The summed E-state index contributed by atoms with van der Waals surface area (Å²) in [6.07, 6.45) is -4.69. The van der Waals surface area contributed by atoms with Gasteiger partial charge in [0.1, 0.15) is 5.75 Å². The lowest BCUT2D eigenvalue weighted by molar-refractivity contribution is -0.274. The summed E-state index contributed by atoms with van der Waals surface area (Å²) in [6.45, 7) is 0. The molecule has 0 spiro atoms. The van der Waals surface area contributed by atoms with Crippen LogP contribution in [0.25, 0.3) is 11.1 Å². The Morgan fingerprint density at radius 3 is 2.16 bits per heavy atom. The van der Waals surface area contributed by atoms with Crippen LogP contribution < -0.4 is 10.5 Å². The van der Waals surface area contributed by atoms with E-state index in [1.165, 1.54) is 24.3 Å². The van der Waals surface area contributed by atoms with Gasteiger partial charge < -0.3 is 10.5 Å². The Labute approximate surface area is 112 Å². The first-order valence-corrected chi connectivity index (χ1v) is 5.64. The maximum atomic E-state index is 12.0. The van der Waals surface area contributed by atoms with E-state index in [1.807, 2.05) is 0 Å². The molecule has 2 rings (SSSR count). The van der Waals surface area contributed by atoms with Crippen molar-refractivity contribution in [2.45, 2.75) is 6.36 Å². The molecule has 2 aromatic rings. The van der Waals surface area contributed by atoms with Crippen LogP contribution in [0.3, 0.4) is 0 Å². The van der Waals surface area contributed by atoms with Crippen LogP contribution in [-0.4, -0.2) is 6.36 Å². The van der Waals surface area contributed by atoms with Gasteiger partial charge in [0.25, 0.3) is 0 Å². The number of alkyl halides is 3. The standard InChI is InChI=1S/C13H9ClF3NO/c14-9-3-6-11(12(18)7-9)8-1-4-10(5-2-8)19-13(15,16)17/h1-7H,18H2. The zero-order chi connectivity index (χ0) is 14.0. The molecule has 6 heteroatoms. The first kappa shape index (κ1) is 13.5. The van der Waals surface area contributed by atoms with E-state index >= 15 is 0 Å². The minimum atomic E-state index is -4.69. The second kappa shape index (κ2) is 5.01. The number of hydrogen-bond donors (Lipinski definition) is 1. The fourth-order valence-electron chi connectivity index (χ4n) is 1.63. The van der Waals surface area contributed by atoms with Gasteiger partial charge in [-0.05, 0) is 29.8 Å². The van der Waals surface area contributed by atoms with Gasteiger partial charge in [-0.3, -0.25) is 0 Å². The molecule has 2 nitrogen and oxygen atoms in total. The van der Waals surface area contributed by atoms with Gasteiger partial charge in [0.15, 0.2) is 0 Å². The number of nitrogen functional groups attached to an aromatic ring is 1. The van der Waals surface area contributed by atoms with Crippen LogP contribution in [0.4, 0.5) is 18.9 Å². The van der Waals surface area contributed by atoms with Gasteiger partial charge in [-0.15, -0.1) is 13.2 Å². The summed E-state index contributed by atoms with van der Waals surface area (Å²) in [4.78, 5) is 0. The summed E-state index contributed by atoms with van der Waals surface area (Å²) >= 11 is 5.78. The van der Waals surface area contributed by atoms with Gasteiger partial charge >= 0.3 is 6.36 Å². The normalized spacial score (nSPS) is 11.4. The van der Waals surface area contributed by atoms with Crippen LogP contribution in [0.5, 0.6) is 5.75 Å². The van der Waals surface area contributed by atoms with Crippen LogP contribution in [0.15, 0.2) is 42.5 Å². The summed E-state index contributed by atoms with van der Waals surface area (Å²) in [5.74, 6) is -0.274. The van der Waals surface area contributed by atoms with Crippen LogP contribution in [-0.2, 0) is 0 Å². The summed E-state index contributed by atoms with van der Waals surface area (Å²) in [5.41, 5.74) is 7.63. The van der Waals surface area contributed by atoms with Crippen molar-refractivity contribution in [2.24, 2.45) is 0 Å². The fourth-order valence-corrected chi connectivity index (χ4v) is 1.81. The minimum absolute atomic E-state index is 0.274. The van der Waals surface area contributed by atoms with E-state index in [4.69, 9.17) is 17.3 Å². The second-order valence-corrected chi connectivity index (χ2v) is 4.24. The number of nitrogens with two attached hydrogens (primary N) is 1. The molecule has 0 bridgehead atoms.